The van der Waals surface area contributed by atoms with Crippen LogP contribution in [0.5, 0.6) is 11.5 Å². The Hall–Kier alpha value is -3.35. The lowest BCUT2D eigenvalue weighted by Crippen LogP contribution is -2.33. The van der Waals surface area contributed by atoms with Gasteiger partial charge < -0.3 is 18.9 Å². The third-order valence-electron chi connectivity index (χ3n) is 4.73. The van der Waals surface area contributed by atoms with Crippen molar-refractivity contribution in [2.24, 2.45) is 0 Å². The summed E-state index contributed by atoms with van der Waals surface area (Å²) in [7, 11) is 1.61. The number of aromatic nitrogens is 2. The van der Waals surface area contributed by atoms with Crippen LogP contribution in [0.1, 0.15) is 18.4 Å². The summed E-state index contributed by atoms with van der Waals surface area (Å²) >= 11 is 0. The lowest BCUT2D eigenvalue weighted by Gasteiger charge is -2.18. The smallest absolute Gasteiger partial charge is 0.264 e. The highest BCUT2D eigenvalue weighted by molar-refractivity contribution is 5.96. The minimum absolute atomic E-state index is 0.0157. The molecule has 1 aliphatic rings. The number of amides is 1. The van der Waals surface area contributed by atoms with Gasteiger partial charge >= 0.3 is 0 Å². The van der Waals surface area contributed by atoms with E-state index in [0.29, 0.717) is 30.4 Å². The van der Waals surface area contributed by atoms with E-state index < -0.39 is 0 Å². The molecule has 7 nitrogen and oxygen atoms in total. The normalized spacial score (nSPS) is 12.7. The predicted octanol–water partition coefficient (Wildman–Crippen LogP) is 3.28. The van der Waals surface area contributed by atoms with E-state index in [4.69, 9.17) is 14.0 Å². The maximum atomic E-state index is 12.6. The Morgan fingerprint density at radius 1 is 1.18 bits per heavy atom. The van der Waals surface area contributed by atoms with Gasteiger partial charge in [0.05, 0.1) is 7.11 Å². The Kier molecular flexibility index (Phi) is 4.97. The average molecular weight is 379 g/mol. The van der Waals surface area contributed by atoms with Gasteiger partial charge in [-0.25, -0.2) is 0 Å². The number of aryl methyl sites for hydroxylation is 1. The van der Waals surface area contributed by atoms with E-state index in [1.807, 2.05) is 25.1 Å². The molecule has 0 unspecified atom stereocenters. The number of ether oxygens (including phenoxy) is 2. The molecule has 0 saturated carbocycles. The van der Waals surface area contributed by atoms with E-state index >= 15 is 0 Å². The molecule has 3 aromatic rings. The van der Waals surface area contributed by atoms with Crippen LogP contribution in [0.15, 0.2) is 47.0 Å². The van der Waals surface area contributed by atoms with Crippen LogP contribution >= 0.6 is 0 Å². The molecule has 0 N–H and O–H groups in total. The molecule has 0 atom stereocenters. The topological polar surface area (TPSA) is 77.7 Å². The Morgan fingerprint density at radius 3 is 2.68 bits per heavy atom. The second kappa shape index (κ2) is 7.72. The molecule has 0 radical (unpaired) electrons. The SMILES string of the molecule is CCc1nc(-c2ccc3c(c2)CCN3C(=O)COc2ccc(OC)cc2)no1. The Labute approximate surface area is 162 Å². The first-order chi connectivity index (χ1) is 13.7. The van der Waals surface area contributed by atoms with Crippen LogP contribution < -0.4 is 14.4 Å². The zero-order valence-electron chi connectivity index (χ0n) is 15.8. The third kappa shape index (κ3) is 3.55. The third-order valence-corrected chi connectivity index (χ3v) is 4.73. The number of anilines is 1. The zero-order valence-corrected chi connectivity index (χ0v) is 15.8. The molecular weight excluding hydrogens is 358 g/mol. The molecule has 2 aromatic carbocycles. The number of hydrogen-bond acceptors (Lipinski definition) is 6. The highest BCUT2D eigenvalue weighted by Gasteiger charge is 2.25. The summed E-state index contributed by atoms with van der Waals surface area (Å²) < 4.78 is 15.9. The first-order valence-corrected chi connectivity index (χ1v) is 9.21. The molecule has 1 aliphatic heterocycles. The molecule has 0 aliphatic carbocycles. The van der Waals surface area contributed by atoms with E-state index in [0.717, 1.165) is 29.0 Å². The van der Waals surface area contributed by atoms with Gasteiger partial charge in [-0.1, -0.05) is 12.1 Å². The summed E-state index contributed by atoms with van der Waals surface area (Å²) in [6.45, 7) is 2.59. The van der Waals surface area contributed by atoms with Gasteiger partial charge in [-0.15, -0.1) is 0 Å². The van der Waals surface area contributed by atoms with Crippen molar-refractivity contribution >= 4 is 11.6 Å². The van der Waals surface area contributed by atoms with E-state index in [9.17, 15) is 4.79 Å². The number of benzene rings is 2. The molecule has 2 heterocycles. The van der Waals surface area contributed by atoms with Crippen LogP contribution in [-0.4, -0.2) is 36.3 Å². The second-order valence-corrected chi connectivity index (χ2v) is 6.47. The summed E-state index contributed by atoms with van der Waals surface area (Å²) in [6.07, 6.45) is 1.49. The molecule has 1 amide bonds. The van der Waals surface area contributed by atoms with Gasteiger partial charge in [-0.05, 0) is 54.4 Å². The molecular formula is C21H21N3O4. The average Bonchev–Trinajstić information content (AvgIpc) is 3.39. The van der Waals surface area contributed by atoms with Crippen LogP contribution in [-0.2, 0) is 17.6 Å². The van der Waals surface area contributed by atoms with Crippen LogP contribution in [0.25, 0.3) is 11.4 Å². The van der Waals surface area contributed by atoms with Crippen molar-refractivity contribution in [3.8, 4) is 22.9 Å². The molecule has 144 valence electrons. The minimum Gasteiger partial charge on any atom is -0.497 e. The van der Waals surface area contributed by atoms with Gasteiger partial charge in [0.15, 0.2) is 6.61 Å². The van der Waals surface area contributed by atoms with Crippen molar-refractivity contribution in [1.29, 1.82) is 0 Å². The van der Waals surface area contributed by atoms with E-state index in [2.05, 4.69) is 10.1 Å². The fraction of sp³-hybridized carbons (Fsp3) is 0.286. The highest BCUT2D eigenvalue weighted by atomic mass is 16.5. The molecule has 28 heavy (non-hydrogen) atoms. The fourth-order valence-electron chi connectivity index (χ4n) is 3.21. The van der Waals surface area contributed by atoms with Crippen molar-refractivity contribution in [3.63, 3.8) is 0 Å². The first kappa shape index (κ1) is 18.0. The van der Waals surface area contributed by atoms with Crippen molar-refractivity contribution < 1.29 is 18.8 Å². The number of rotatable bonds is 6. The monoisotopic (exact) mass is 379 g/mol. The lowest BCUT2D eigenvalue weighted by molar-refractivity contribution is -0.120. The molecule has 0 saturated heterocycles. The Balaban J connectivity index is 1.44. The summed E-state index contributed by atoms with van der Waals surface area (Å²) in [5, 5.41) is 4.02. The van der Waals surface area contributed by atoms with Gasteiger partial charge in [0.1, 0.15) is 11.5 Å². The van der Waals surface area contributed by atoms with Crippen molar-refractivity contribution in [2.45, 2.75) is 19.8 Å². The molecule has 7 heteroatoms. The molecule has 0 bridgehead atoms. The number of methoxy groups -OCH3 is 1. The van der Waals surface area contributed by atoms with E-state index in [1.54, 1.807) is 36.3 Å². The van der Waals surface area contributed by atoms with E-state index in [-0.39, 0.29) is 12.5 Å². The molecule has 0 fully saturated rings. The van der Waals surface area contributed by atoms with Gasteiger partial charge in [-0.3, -0.25) is 4.79 Å². The van der Waals surface area contributed by atoms with Crippen LogP contribution in [0, 0.1) is 0 Å². The predicted molar refractivity (Wildman–Crippen MR) is 104 cm³/mol. The fourth-order valence-corrected chi connectivity index (χ4v) is 3.21. The quantitative estimate of drug-likeness (QED) is 0.654. The maximum Gasteiger partial charge on any atom is 0.264 e. The minimum atomic E-state index is -0.0739. The van der Waals surface area contributed by atoms with E-state index in [1.165, 1.54) is 0 Å². The van der Waals surface area contributed by atoms with Gasteiger partial charge in [0.2, 0.25) is 11.7 Å². The van der Waals surface area contributed by atoms with Gasteiger partial charge in [0, 0.05) is 24.2 Å². The second-order valence-electron chi connectivity index (χ2n) is 6.47. The summed E-state index contributed by atoms with van der Waals surface area (Å²) in [5.74, 6) is 2.49. The summed E-state index contributed by atoms with van der Waals surface area (Å²) in [6, 6.07) is 13.0. The molecule has 4 rings (SSSR count). The van der Waals surface area contributed by atoms with Gasteiger partial charge in [-0.2, -0.15) is 4.98 Å². The lowest BCUT2D eigenvalue weighted by atomic mass is 10.1. The Morgan fingerprint density at radius 2 is 1.96 bits per heavy atom. The number of carbonyl (C=O) groups is 1. The number of carbonyl (C=O) groups excluding carboxylic acids is 1. The van der Waals surface area contributed by atoms with Crippen LogP contribution in [0.4, 0.5) is 5.69 Å². The summed E-state index contributed by atoms with van der Waals surface area (Å²) in [4.78, 5) is 18.8. The standard InChI is InChI=1S/C21H21N3O4/c1-3-19-22-21(23-28-19)15-4-9-18-14(12-15)10-11-24(18)20(25)13-27-17-7-5-16(26-2)6-8-17/h4-9,12H,3,10-11,13H2,1-2H3. The highest BCUT2D eigenvalue weighted by Crippen LogP contribution is 2.31. The molecule has 0 spiro atoms. The van der Waals surface area contributed by atoms with Crippen molar-refractivity contribution in [1.82, 2.24) is 10.1 Å². The van der Waals surface area contributed by atoms with Gasteiger partial charge in [0.25, 0.3) is 5.91 Å². The summed E-state index contributed by atoms with van der Waals surface area (Å²) in [5.41, 5.74) is 2.90. The van der Waals surface area contributed by atoms with Crippen LogP contribution in [0.2, 0.25) is 0 Å². The van der Waals surface area contributed by atoms with Crippen molar-refractivity contribution in [2.75, 3.05) is 25.2 Å². The zero-order chi connectivity index (χ0) is 19.5. The Bertz CT molecular complexity index is 982. The number of nitrogens with zero attached hydrogens (tertiary/aromatic N) is 3. The number of hydrogen-bond donors (Lipinski definition) is 0. The van der Waals surface area contributed by atoms with Crippen LogP contribution in [0.3, 0.4) is 0 Å². The van der Waals surface area contributed by atoms with Crippen molar-refractivity contribution in [3.05, 3.63) is 53.9 Å². The first-order valence-electron chi connectivity index (χ1n) is 9.21. The largest absolute Gasteiger partial charge is 0.497 e. The molecule has 1 aromatic heterocycles. The number of fused-ring (bicyclic) bond motifs is 1. The maximum absolute atomic E-state index is 12.6.